The van der Waals surface area contributed by atoms with E-state index in [9.17, 15) is 8.42 Å². The first-order valence-corrected chi connectivity index (χ1v) is 9.72. The van der Waals surface area contributed by atoms with Crippen LogP contribution in [0.2, 0.25) is 0 Å². The Morgan fingerprint density at radius 3 is 2.81 bits per heavy atom. The summed E-state index contributed by atoms with van der Waals surface area (Å²) in [4.78, 5) is 4.55. The summed E-state index contributed by atoms with van der Waals surface area (Å²) in [5.74, 6) is 0. The Morgan fingerprint density at radius 2 is 1.96 bits per heavy atom. The molecule has 26 heavy (non-hydrogen) atoms. The Hall–Kier alpha value is -2.15. The number of benzene rings is 2. The fourth-order valence-electron chi connectivity index (χ4n) is 3.29. The van der Waals surface area contributed by atoms with Gasteiger partial charge in [0, 0.05) is 18.1 Å². The average molecular weight is 390 g/mol. The summed E-state index contributed by atoms with van der Waals surface area (Å²) >= 11 is 0. The normalized spacial score (nSPS) is 13.7. The van der Waals surface area contributed by atoms with Gasteiger partial charge in [-0.25, -0.2) is 8.42 Å². The molecule has 5 nitrogen and oxygen atoms in total. The largest absolute Gasteiger partial charge is 0.312 e. The van der Waals surface area contributed by atoms with Gasteiger partial charge in [-0.1, -0.05) is 24.3 Å². The molecule has 1 aliphatic heterocycles. The minimum Gasteiger partial charge on any atom is -0.312 e. The van der Waals surface area contributed by atoms with Gasteiger partial charge < -0.3 is 5.32 Å². The number of para-hydroxylation sites is 1. The van der Waals surface area contributed by atoms with E-state index in [1.807, 2.05) is 37.3 Å². The van der Waals surface area contributed by atoms with Gasteiger partial charge in [-0.2, -0.15) is 0 Å². The summed E-state index contributed by atoms with van der Waals surface area (Å²) < 4.78 is 28.8. The lowest BCUT2D eigenvalue weighted by Crippen LogP contribution is -2.25. The second kappa shape index (κ2) is 7.23. The number of hydrogen-bond donors (Lipinski definition) is 2. The zero-order valence-electron chi connectivity index (χ0n) is 14.3. The van der Waals surface area contributed by atoms with Crippen molar-refractivity contribution < 1.29 is 8.42 Å². The lowest BCUT2D eigenvalue weighted by atomic mass is 9.99. The van der Waals surface area contributed by atoms with Crippen LogP contribution in [-0.2, 0) is 23.0 Å². The zero-order chi connectivity index (χ0) is 17.4. The van der Waals surface area contributed by atoms with Crippen LogP contribution in [0.25, 0.3) is 10.9 Å². The molecule has 0 spiro atoms. The lowest BCUT2D eigenvalue weighted by Gasteiger charge is -2.21. The highest BCUT2D eigenvalue weighted by atomic mass is 35.5. The molecule has 0 saturated heterocycles. The highest BCUT2D eigenvalue weighted by Crippen LogP contribution is 2.28. The molecule has 1 aliphatic rings. The Balaban J connectivity index is 0.00000196. The molecule has 0 bridgehead atoms. The molecule has 0 unspecified atom stereocenters. The van der Waals surface area contributed by atoms with Crippen LogP contribution in [0.1, 0.15) is 16.7 Å². The molecule has 7 heteroatoms. The summed E-state index contributed by atoms with van der Waals surface area (Å²) in [5, 5.41) is 4.13. The molecule has 0 aliphatic carbocycles. The smallest absolute Gasteiger partial charge is 0.264 e. The van der Waals surface area contributed by atoms with Gasteiger partial charge in [-0.3, -0.25) is 9.71 Å². The number of hydrogen-bond acceptors (Lipinski definition) is 4. The van der Waals surface area contributed by atoms with Gasteiger partial charge in [0.1, 0.15) is 4.90 Å². The number of nitrogens with zero attached hydrogens (tertiary/aromatic N) is 1. The van der Waals surface area contributed by atoms with Crippen molar-refractivity contribution in [2.45, 2.75) is 24.8 Å². The predicted molar refractivity (Wildman–Crippen MR) is 106 cm³/mol. The van der Waals surface area contributed by atoms with Gasteiger partial charge in [0.05, 0.1) is 11.2 Å². The summed E-state index contributed by atoms with van der Waals surface area (Å²) in [6, 6.07) is 12.9. The number of fused-ring (bicyclic) bond motifs is 2. The quantitative estimate of drug-likeness (QED) is 0.720. The third kappa shape index (κ3) is 3.40. The van der Waals surface area contributed by atoms with Crippen molar-refractivity contribution in [3.8, 4) is 0 Å². The summed E-state index contributed by atoms with van der Waals surface area (Å²) in [6.45, 7) is 3.55. The average Bonchev–Trinajstić information content (AvgIpc) is 2.61. The van der Waals surface area contributed by atoms with E-state index in [1.54, 1.807) is 18.3 Å². The van der Waals surface area contributed by atoms with E-state index in [4.69, 9.17) is 0 Å². The summed E-state index contributed by atoms with van der Waals surface area (Å²) in [7, 11) is -3.72. The van der Waals surface area contributed by atoms with Crippen molar-refractivity contribution in [2.24, 2.45) is 0 Å². The van der Waals surface area contributed by atoms with Crippen LogP contribution in [0.4, 0.5) is 5.69 Å². The highest BCUT2D eigenvalue weighted by Gasteiger charge is 2.21. The van der Waals surface area contributed by atoms with Gasteiger partial charge in [-0.05, 0) is 54.8 Å². The third-order valence-corrected chi connectivity index (χ3v) is 5.88. The number of halogens is 1. The van der Waals surface area contributed by atoms with Gasteiger partial charge in [-0.15, -0.1) is 12.4 Å². The van der Waals surface area contributed by atoms with Crippen molar-refractivity contribution in [1.82, 2.24) is 10.3 Å². The van der Waals surface area contributed by atoms with Gasteiger partial charge in [0.25, 0.3) is 10.0 Å². The first-order valence-electron chi connectivity index (χ1n) is 8.24. The SMILES string of the molecule is Cc1cnc2c(S(=O)(=O)Nc3cccc4c3CCNC4)cccc2c1.Cl. The maximum atomic E-state index is 13.0. The van der Waals surface area contributed by atoms with Gasteiger partial charge in [0.15, 0.2) is 0 Å². The van der Waals surface area contributed by atoms with E-state index in [1.165, 1.54) is 0 Å². The Bertz CT molecular complexity index is 1070. The molecule has 3 aromatic rings. The molecule has 1 aromatic heterocycles. The Kier molecular flexibility index (Phi) is 5.18. The second-order valence-electron chi connectivity index (χ2n) is 6.32. The van der Waals surface area contributed by atoms with E-state index < -0.39 is 10.0 Å². The zero-order valence-corrected chi connectivity index (χ0v) is 16.0. The lowest BCUT2D eigenvalue weighted by molar-refractivity contribution is 0.601. The fraction of sp³-hybridized carbons (Fsp3) is 0.211. The monoisotopic (exact) mass is 389 g/mol. The number of aromatic nitrogens is 1. The molecule has 0 atom stereocenters. The van der Waals surface area contributed by atoms with Crippen molar-refractivity contribution in [3.05, 3.63) is 65.4 Å². The van der Waals surface area contributed by atoms with Crippen molar-refractivity contribution in [2.75, 3.05) is 11.3 Å². The van der Waals surface area contributed by atoms with E-state index in [0.29, 0.717) is 11.2 Å². The maximum Gasteiger partial charge on any atom is 0.264 e. The third-order valence-electron chi connectivity index (χ3n) is 4.48. The van der Waals surface area contributed by atoms with Gasteiger partial charge in [0.2, 0.25) is 0 Å². The number of pyridine rings is 1. The minimum atomic E-state index is -3.72. The molecular weight excluding hydrogens is 370 g/mol. The van der Waals surface area contributed by atoms with E-state index in [0.717, 1.165) is 41.6 Å². The standard InChI is InChI=1S/C19H19N3O2S.ClH/c1-13-10-14-4-3-7-18(19(14)21-11-13)25(23,24)22-17-6-2-5-15-12-20-9-8-16(15)17;/h2-7,10-11,20,22H,8-9,12H2,1H3;1H. The molecule has 0 amide bonds. The molecule has 2 N–H and O–H groups in total. The van der Waals surface area contributed by atoms with Crippen LogP contribution < -0.4 is 10.0 Å². The minimum absolute atomic E-state index is 0. The van der Waals surface area contributed by atoms with Crippen molar-refractivity contribution >= 4 is 39.0 Å². The highest BCUT2D eigenvalue weighted by molar-refractivity contribution is 7.93. The molecule has 2 aromatic carbocycles. The second-order valence-corrected chi connectivity index (χ2v) is 7.97. The summed E-state index contributed by atoms with van der Waals surface area (Å²) in [5.41, 5.74) is 4.35. The fourth-order valence-corrected chi connectivity index (χ4v) is 4.56. The topological polar surface area (TPSA) is 71.1 Å². The van der Waals surface area contributed by atoms with Crippen LogP contribution in [-0.4, -0.2) is 19.9 Å². The molecular formula is C19H20ClN3O2S. The van der Waals surface area contributed by atoms with Crippen molar-refractivity contribution in [3.63, 3.8) is 0 Å². The molecule has 0 fully saturated rings. The van der Waals surface area contributed by atoms with Crippen LogP contribution in [0.15, 0.2) is 53.6 Å². The van der Waals surface area contributed by atoms with E-state index in [2.05, 4.69) is 15.0 Å². The molecule has 0 saturated carbocycles. The Morgan fingerprint density at radius 1 is 1.15 bits per heavy atom. The first-order chi connectivity index (χ1) is 12.0. The first kappa shape index (κ1) is 18.6. The van der Waals surface area contributed by atoms with Crippen LogP contribution in [0.5, 0.6) is 0 Å². The number of aryl methyl sites for hydroxylation is 1. The predicted octanol–water partition coefficient (Wildman–Crippen LogP) is 3.41. The van der Waals surface area contributed by atoms with E-state index >= 15 is 0 Å². The van der Waals surface area contributed by atoms with Crippen molar-refractivity contribution in [1.29, 1.82) is 0 Å². The molecule has 4 rings (SSSR count). The number of nitrogens with one attached hydrogen (secondary N) is 2. The van der Waals surface area contributed by atoms with Crippen LogP contribution in [0.3, 0.4) is 0 Å². The van der Waals surface area contributed by atoms with E-state index in [-0.39, 0.29) is 17.3 Å². The molecule has 136 valence electrons. The van der Waals surface area contributed by atoms with Crippen LogP contribution in [0, 0.1) is 6.92 Å². The Labute approximate surface area is 159 Å². The maximum absolute atomic E-state index is 13.0. The van der Waals surface area contributed by atoms with Gasteiger partial charge >= 0.3 is 0 Å². The number of anilines is 1. The number of sulfonamides is 1. The van der Waals surface area contributed by atoms with Crippen LogP contribution >= 0.6 is 12.4 Å². The molecule has 2 heterocycles. The molecule has 0 radical (unpaired) electrons. The number of rotatable bonds is 3. The summed E-state index contributed by atoms with van der Waals surface area (Å²) in [6.07, 6.45) is 2.50.